The molecule has 0 bridgehead atoms. The highest BCUT2D eigenvalue weighted by molar-refractivity contribution is 6.33. The van der Waals surface area contributed by atoms with Gasteiger partial charge in [-0.2, -0.15) is 0 Å². The molecule has 5 nitrogen and oxygen atoms in total. The van der Waals surface area contributed by atoms with E-state index in [-0.39, 0.29) is 18.4 Å². The van der Waals surface area contributed by atoms with Crippen LogP contribution in [0.3, 0.4) is 0 Å². The van der Waals surface area contributed by atoms with Crippen LogP contribution in [-0.4, -0.2) is 31.4 Å². The summed E-state index contributed by atoms with van der Waals surface area (Å²) in [4.78, 5) is 13.4. The first-order valence-corrected chi connectivity index (χ1v) is 11.0. The van der Waals surface area contributed by atoms with E-state index in [1.807, 2.05) is 36.4 Å². The molecule has 2 aromatic carbocycles. The van der Waals surface area contributed by atoms with Crippen molar-refractivity contribution in [3.05, 3.63) is 52.5 Å². The van der Waals surface area contributed by atoms with E-state index < -0.39 is 0 Å². The Labute approximate surface area is 196 Å². The molecule has 2 N–H and O–H groups in total. The minimum absolute atomic E-state index is 0. The summed E-state index contributed by atoms with van der Waals surface area (Å²) in [7, 11) is 1.65. The Kier molecular flexibility index (Phi) is 10.4. The number of ether oxygens (including phenoxy) is 2. The van der Waals surface area contributed by atoms with Gasteiger partial charge in [0.05, 0.1) is 17.8 Å². The number of benzene rings is 2. The van der Waals surface area contributed by atoms with Crippen LogP contribution in [-0.2, 0) is 11.4 Å². The number of anilines is 1. The van der Waals surface area contributed by atoms with E-state index in [0.29, 0.717) is 23.7 Å². The molecule has 1 fully saturated rings. The van der Waals surface area contributed by atoms with Crippen LogP contribution >= 0.6 is 24.0 Å². The summed E-state index contributed by atoms with van der Waals surface area (Å²) in [6, 6.07) is 11.8. The maximum atomic E-state index is 10.9. The lowest BCUT2D eigenvalue weighted by Gasteiger charge is -2.36. The van der Waals surface area contributed by atoms with Crippen LogP contribution in [0.25, 0.3) is 0 Å². The maximum absolute atomic E-state index is 10.9. The van der Waals surface area contributed by atoms with E-state index in [2.05, 4.69) is 4.90 Å². The Bertz CT molecular complexity index is 824. The van der Waals surface area contributed by atoms with Gasteiger partial charge in [-0.25, -0.2) is 0 Å². The second kappa shape index (κ2) is 12.8. The molecule has 170 valence electrons. The molecule has 1 heterocycles. The van der Waals surface area contributed by atoms with Gasteiger partial charge in [-0.15, -0.1) is 12.4 Å². The zero-order valence-electron chi connectivity index (χ0n) is 18.0. The first kappa shape index (κ1) is 25.3. The second-order valence-corrected chi connectivity index (χ2v) is 8.17. The summed E-state index contributed by atoms with van der Waals surface area (Å²) in [6.07, 6.45) is 6.92. The molecule has 31 heavy (non-hydrogen) atoms. The molecule has 1 unspecified atom stereocenters. The topological polar surface area (TPSA) is 64.8 Å². The monoisotopic (exact) mass is 466 g/mol. The standard InChI is InChI=1S/C24H31ClN2O3.ClH/c1-29-19-10-8-18(9-11-19)17-30-24-16-22(26)21(25)15-20(24)23(7-3-6-14-28)27-12-4-2-5-13-27;/h8-11,14-16,23H,2-7,12-13,17,26H2,1H3;1H. The average molecular weight is 467 g/mol. The zero-order chi connectivity index (χ0) is 21.3. The number of methoxy groups -OCH3 is 1. The van der Waals surface area contributed by atoms with E-state index >= 15 is 0 Å². The number of hydrogen-bond acceptors (Lipinski definition) is 5. The number of halogens is 2. The van der Waals surface area contributed by atoms with Crippen LogP contribution < -0.4 is 15.2 Å². The number of likely N-dealkylation sites (tertiary alicyclic amines) is 1. The van der Waals surface area contributed by atoms with Crippen LogP contribution in [0.2, 0.25) is 5.02 Å². The Hall–Kier alpha value is -1.95. The number of nitrogen functional groups attached to an aromatic ring is 1. The van der Waals surface area contributed by atoms with Crippen molar-refractivity contribution in [3.8, 4) is 11.5 Å². The first-order valence-electron chi connectivity index (χ1n) is 10.6. The molecular weight excluding hydrogens is 435 g/mol. The van der Waals surface area contributed by atoms with Gasteiger partial charge in [0.2, 0.25) is 0 Å². The molecule has 0 amide bonds. The van der Waals surface area contributed by atoms with E-state index in [1.54, 1.807) is 7.11 Å². The first-order chi connectivity index (χ1) is 14.6. The minimum atomic E-state index is 0. The van der Waals surface area contributed by atoms with Gasteiger partial charge in [0.15, 0.2) is 0 Å². The number of unbranched alkanes of at least 4 members (excludes halogenated alkanes) is 1. The number of rotatable bonds is 10. The summed E-state index contributed by atoms with van der Waals surface area (Å²) in [5, 5.41) is 0.541. The van der Waals surface area contributed by atoms with Gasteiger partial charge in [-0.3, -0.25) is 4.90 Å². The fraction of sp³-hybridized carbons (Fsp3) is 0.458. The lowest BCUT2D eigenvalue weighted by Crippen LogP contribution is -2.34. The second-order valence-electron chi connectivity index (χ2n) is 7.76. The summed E-state index contributed by atoms with van der Waals surface area (Å²) >= 11 is 6.41. The quantitative estimate of drug-likeness (QED) is 0.271. The highest BCUT2D eigenvalue weighted by Crippen LogP contribution is 2.39. The molecule has 0 radical (unpaired) electrons. The third-order valence-corrected chi connectivity index (χ3v) is 6.00. The number of nitrogens with two attached hydrogens (primary N) is 1. The fourth-order valence-corrected chi connectivity index (χ4v) is 4.18. The Morgan fingerprint density at radius 2 is 1.87 bits per heavy atom. The molecule has 1 aliphatic rings. The Balaban J connectivity index is 0.00000341. The predicted molar refractivity (Wildman–Crippen MR) is 129 cm³/mol. The molecule has 1 aliphatic heterocycles. The van der Waals surface area contributed by atoms with Gasteiger partial charge in [0.1, 0.15) is 24.4 Å². The van der Waals surface area contributed by atoms with Crippen molar-refractivity contribution < 1.29 is 14.3 Å². The lowest BCUT2D eigenvalue weighted by molar-refractivity contribution is -0.108. The van der Waals surface area contributed by atoms with Gasteiger partial charge < -0.3 is 20.0 Å². The number of hydrogen-bond donors (Lipinski definition) is 1. The van der Waals surface area contributed by atoms with Crippen molar-refractivity contribution in [1.82, 2.24) is 4.90 Å². The van der Waals surface area contributed by atoms with Crippen LogP contribution in [0.5, 0.6) is 11.5 Å². The van der Waals surface area contributed by atoms with Crippen LogP contribution in [0.15, 0.2) is 36.4 Å². The van der Waals surface area contributed by atoms with Gasteiger partial charge >= 0.3 is 0 Å². The molecule has 7 heteroatoms. The third-order valence-electron chi connectivity index (χ3n) is 5.67. The van der Waals surface area contributed by atoms with Crippen LogP contribution in [0.1, 0.15) is 55.7 Å². The largest absolute Gasteiger partial charge is 0.497 e. The zero-order valence-corrected chi connectivity index (χ0v) is 19.6. The average Bonchev–Trinajstić information content (AvgIpc) is 2.78. The number of nitrogens with zero attached hydrogens (tertiary/aromatic N) is 1. The Morgan fingerprint density at radius 1 is 1.16 bits per heavy atom. The number of piperidine rings is 1. The minimum Gasteiger partial charge on any atom is -0.497 e. The van der Waals surface area contributed by atoms with Crippen molar-refractivity contribution >= 4 is 36.0 Å². The van der Waals surface area contributed by atoms with Gasteiger partial charge in [0, 0.05) is 24.1 Å². The van der Waals surface area contributed by atoms with Gasteiger partial charge in [0.25, 0.3) is 0 Å². The number of carbonyl (C=O) groups excluding carboxylic acids is 1. The summed E-state index contributed by atoms with van der Waals surface area (Å²) in [5.41, 5.74) is 8.72. The van der Waals surface area contributed by atoms with Crippen molar-refractivity contribution in [2.24, 2.45) is 0 Å². The fourth-order valence-electron chi connectivity index (χ4n) is 4.01. The summed E-state index contributed by atoms with van der Waals surface area (Å²) < 4.78 is 11.5. The predicted octanol–water partition coefficient (Wildman–Crippen LogP) is 5.83. The molecule has 3 rings (SSSR count). The van der Waals surface area contributed by atoms with E-state index in [4.69, 9.17) is 26.8 Å². The summed E-state index contributed by atoms with van der Waals surface area (Å²) in [5.74, 6) is 1.57. The summed E-state index contributed by atoms with van der Waals surface area (Å²) in [6.45, 7) is 2.52. The molecule has 2 aromatic rings. The third kappa shape index (κ3) is 7.03. The van der Waals surface area contributed by atoms with Crippen molar-refractivity contribution in [1.29, 1.82) is 0 Å². The van der Waals surface area contributed by atoms with Gasteiger partial charge in [-0.05, 0) is 62.5 Å². The molecular formula is C24H32Cl2N2O3. The molecule has 0 saturated carbocycles. The lowest BCUT2D eigenvalue weighted by atomic mass is 9.95. The van der Waals surface area contributed by atoms with Crippen molar-refractivity contribution in [2.75, 3.05) is 25.9 Å². The SMILES string of the molecule is COc1ccc(COc2cc(N)c(Cl)cc2C(CCCC=O)N2CCCCC2)cc1.Cl. The Morgan fingerprint density at radius 3 is 2.52 bits per heavy atom. The van der Waals surface area contributed by atoms with Crippen LogP contribution in [0.4, 0.5) is 5.69 Å². The number of aldehydes is 1. The number of carbonyl (C=O) groups is 1. The van der Waals surface area contributed by atoms with E-state index in [9.17, 15) is 4.79 Å². The smallest absolute Gasteiger partial charge is 0.126 e. The molecule has 1 atom stereocenters. The van der Waals surface area contributed by atoms with Gasteiger partial charge in [-0.1, -0.05) is 30.2 Å². The highest BCUT2D eigenvalue weighted by atomic mass is 35.5. The normalized spacial score (nSPS) is 15.0. The van der Waals surface area contributed by atoms with E-state index in [0.717, 1.165) is 54.8 Å². The molecule has 0 spiro atoms. The maximum Gasteiger partial charge on any atom is 0.126 e. The molecule has 1 saturated heterocycles. The highest BCUT2D eigenvalue weighted by Gasteiger charge is 2.26. The van der Waals surface area contributed by atoms with Crippen LogP contribution in [0, 0.1) is 0 Å². The molecule has 0 aliphatic carbocycles. The van der Waals surface area contributed by atoms with Crippen molar-refractivity contribution in [3.63, 3.8) is 0 Å². The van der Waals surface area contributed by atoms with E-state index in [1.165, 1.54) is 19.3 Å². The van der Waals surface area contributed by atoms with Crippen molar-refractivity contribution in [2.45, 2.75) is 51.2 Å². The molecule has 0 aromatic heterocycles.